The van der Waals surface area contributed by atoms with Gasteiger partial charge >= 0.3 is 0 Å². The van der Waals surface area contributed by atoms with Crippen LogP contribution in [0.5, 0.6) is 11.5 Å². The molecule has 0 bridgehead atoms. The van der Waals surface area contributed by atoms with E-state index in [9.17, 15) is 0 Å². The summed E-state index contributed by atoms with van der Waals surface area (Å²) in [7, 11) is 4.14. The van der Waals surface area contributed by atoms with Crippen LogP contribution in [-0.4, -0.2) is 38.1 Å². The standard InChI is InChI=1S/C22H29N3O3/c1-6-26-19-12-11-16(13-20(19)27-7-2)22-23-21(24-28-22)18-10-8-9-17(15(18)3)14-25(4)5/h8-13,21,24H,6-7,14H2,1-5H3. The molecule has 2 aromatic rings. The summed E-state index contributed by atoms with van der Waals surface area (Å²) in [6.45, 7) is 8.08. The Labute approximate surface area is 167 Å². The van der Waals surface area contributed by atoms with Crippen LogP contribution < -0.4 is 15.0 Å². The Morgan fingerprint density at radius 3 is 2.54 bits per heavy atom. The van der Waals surface area contributed by atoms with Gasteiger partial charge in [-0.15, -0.1) is 5.48 Å². The molecule has 1 unspecified atom stereocenters. The number of rotatable bonds is 8. The van der Waals surface area contributed by atoms with Crippen molar-refractivity contribution in [2.75, 3.05) is 27.3 Å². The smallest absolute Gasteiger partial charge is 0.242 e. The number of aliphatic imine (C=N–C) groups is 1. The van der Waals surface area contributed by atoms with Gasteiger partial charge < -0.3 is 19.2 Å². The van der Waals surface area contributed by atoms with Crippen LogP contribution in [-0.2, 0) is 11.4 Å². The molecule has 6 heteroatoms. The quantitative estimate of drug-likeness (QED) is 0.751. The molecule has 1 atom stereocenters. The third-order valence-corrected chi connectivity index (χ3v) is 4.57. The predicted octanol–water partition coefficient (Wildman–Crippen LogP) is 3.83. The van der Waals surface area contributed by atoms with Crippen LogP contribution in [0.15, 0.2) is 41.4 Å². The Kier molecular flexibility index (Phi) is 6.54. The molecule has 0 amide bonds. The van der Waals surface area contributed by atoms with Crippen LogP contribution in [0.1, 0.15) is 42.3 Å². The summed E-state index contributed by atoms with van der Waals surface area (Å²) in [5, 5.41) is 0. The third-order valence-electron chi connectivity index (χ3n) is 4.57. The van der Waals surface area contributed by atoms with Crippen LogP contribution in [0, 0.1) is 6.92 Å². The van der Waals surface area contributed by atoms with Crippen LogP contribution in [0.25, 0.3) is 0 Å². The Morgan fingerprint density at radius 2 is 1.82 bits per heavy atom. The summed E-state index contributed by atoms with van der Waals surface area (Å²) in [6, 6.07) is 12.1. The minimum absolute atomic E-state index is 0.237. The van der Waals surface area contributed by atoms with Gasteiger partial charge in [0.05, 0.1) is 13.2 Å². The maximum atomic E-state index is 5.71. The third kappa shape index (κ3) is 4.46. The zero-order valence-electron chi connectivity index (χ0n) is 17.3. The van der Waals surface area contributed by atoms with Gasteiger partial charge in [-0.1, -0.05) is 18.2 Å². The lowest BCUT2D eigenvalue weighted by Crippen LogP contribution is -2.17. The van der Waals surface area contributed by atoms with Gasteiger partial charge in [-0.2, -0.15) is 0 Å². The van der Waals surface area contributed by atoms with Crippen molar-refractivity contribution in [3.05, 3.63) is 58.7 Å². The first-order chi connectivity index (χ1) is 13.5. The second-order valence-corrected chi connectivity index (χ2v) is 6.95. The largest absolute Gasteiger partial charge is 0.490 e. The van der Waals surface area contributed by atoms with Gasteiger partial charge in [0.25, 0.3) is 0 Å². The van der Waals surface area contributed by atoms with Crippen molar-refractivity contribution in [3.63, 3.8) is 0 Å². The van der Waals surface area contributed by atoms with E-state index in [0.717, 1.165) is 23.4 Å². The van der Waals surface area contributed by atoms with Crippen molar-refractivity contribution in [1.82, 2.24) is 10.4 Å². The molecule has 1 aliphatic heterocycles. The molecule has 0 saturated heterocycles. The van der Waals surface area contributed by atoms with Gasteiger partial charge in [-0.3, -0.25) is 0 Å². The van der Waals surface area contributed by atoms with E-state index in [1.165, 1.54) is 11.1 Å². The minimum atomic E-state index is -0.237. The average molecular weight is 383 g/mol. The van der Waals surface area contributed by atoms with Crippen molar-refractivity contribution < 1.29 is 14.3 Å². The number of ether oxygens (including phenoxy) is 2. The molecule has 2 aromatic carbocycles. The first kappa shape index (κ1) is 20.2. The first-order valence-electron chi connectivity index (χ1n) is 9.66. The molecule has 0 fully saturated rings. The number of hydrogen-bond acceptors (Lipinski definition) is 6. The van der Waals surface area contributed by atoms with E-state index in [-0.39, 0.29) is 6.17 Å². The molecule has 0 spiro atoms. The highest BCUT2D eigenvalue weighted by atomic mass is 16.7. The van der Waals surface area contributed by atoms with Crippen molar-refractivity contribution in [1.29, 1.82) is 0 Å². The maximum absolute atomic E-state index is 5.71. The van der Waals surface area contributed by atoms with Gasteiger partial charge in [-0.05, 0) is 69.8 Å². The predicted molar refractivity (Wildman–Crippen MR) is 111 cm³/mol. The van der Waals surface area contributed by atoms with Crippen molar-refractivity contribution in [2.24, 2.45) is 4.99 Å². The number of nitrogens with zero attached hydrogens (tertiary/aromatic N) is 2. The second kappa shape index (κ2) is 9.08. The molecule has 1 heterocycles. The molecule has 6 nitrogen and oxygen atoms in total. The van der Waals surface area contributed by atoms with Gasteiger partial charge in [0.2, 0.25) is 5.90 Å². The van der Waals surface area contributed by atoms with Gasteiger partial charge in [0.15, 0.2) is 17.7 Å². The second-order valence-electron chi connectivity index (χ2n) is 6.95. The normalized spacial score (nSPS) is 16.1. The fourth-order valence-corrected chi connectivity index (χ4v) is 3.24. The fraction of sp³-hybridized carbons (Fsp3) is 0.409. The number of hydroxylamine groups is 1. The fourth-order valence-electron chi connectivity index (χ4n) is 3.24. The molecule has 28 heavy (non-hydrogen) atoms. The van der Waals surface area contributed by atoms with E-state index in [4.69, 9.17) is 19.3 Å². The van der Waals surface area contributed by atoms with Gasteiger partial charge in [-0.25, -0.2) is 4.99 Å². The zero-order chi connectivity index (χ0) is 20.1. The lowest BCUT2D eigenvalue weighted by molar-refractivity contribution is 0.180. The van der Waals surface area contributed by atoms with E-state index in [1.54, 1.807) is 0 Å². The molecule has 0 radical (unpaired) electrons. The molecule has 3 rings (SSSR count). The summed E-state index contributed by atoms with van der Waals surface area (Å²) >= 11 is 0. The highest BCUT2D eigenvalue weighted by molar-refractivity contribution is 5.95. The van der Waals surface area contributed by atoms with E-state index < -0.39 is 0 Å². The molecular weight excluding hydrogens is 354 g/mol. The van der Waals surface area contributed by atoms with Gasteiger partial charge in [0.1, 0.15) is 0 Å². The van der Waals surface area contributed by atoms with Crippen LogP contribution in [0.3, 0.4) is 0 Å². The Morgan fingerprint density at radius 1 is 1.07 bits per heavy atom. The maximum Gasteiger partial charge on any atom is 0.242 e. The summed E-state index contributed by atoms with van der Waals surface area (Å²) in [6.07, 6.45) is -0.237. The summed E-state index contributed by atoms with van der Waals surface area (Å²) in [4.78, 5) is 12.6. The summed E-state index contributed by atoms with van der Waals surface area (Å²) < 4.78 is 11.3. The molecule has 0 aliphatic carbocycles. The number of hydrogen-bond donors (Lipinski definition) is 1. The highest BCUT2D eigenvalue weighted by Crippen LogP contribution is 2.31. The zero-order valence-corrected chi connectivity index (χ0v) is 17.3. The Balaban J connectivity index is 1.87. The monoisotopic (exact) mass is 383 g/mol. The van der Waals surface area contributed by atoms with Crippen molar-refractivity contribution in [2.45, 2.75) is 33.5 Å². The lowest BCUT2D eigenvalue weighted by atomic mass is 10.0. The molecule has 0 aromatic heterocycles. The summed E-state index contributed by atoms with van der Waals surface area (Å²) in [5.74, 6) is 1.97. The van der Waals surface area contributed by atoms with Crippen molar-refractivity contribution >= 4 is 5.90 Å². The average Bonchev–Trinajstić information content (AvgIpc) is 3.15. The first-order valence-corrected chi connectivity index (χ1v) is 9.66. The molecule has 1 aliphatic rings. The van der Waals surface area contributed by atoms with E-state index in [0.29, 0.717) is 24.9 Å². The topological polar surface area (TPSA) is 55.3 Å². The SMILES string of the molecule is CCOc1ccc(C2=NC(c3cccc(CN(C)C)c3C)NO2)cc1OCC. The van der Waals surface area contributed by atoms with Gasteiger partial charge in [0, 0.05) is 12.1 Å². The Bertz CT molecular complexity index is 849. The van der Waals surface area contributed by atoms with E-state index >= 15 is 0 Å². The molecule has 1 N–H and O–H groups in total. The number of nitrogens with one attached hydrogen (secondary N) is 1. The lowest BCUT2D eigenvalue weighted by Gasteiger charge is -2.16. The molecule has 150 valence electrons. The van der Waals surface area contributed by atoms with Crippen LogP contribution in [0.2, 0.25) is 0 Å². The van der Waals surface area contributed by atoms with E-state index in [1.807, 2.05) is 32.0 Å². The molecular formula is C22H29N3O3. The molecule has 0 saturated carbocycles. The van der Waals surface area contributed by atoms with E-state index in [2.05, 4.69) is 49.6 Å². The minimum Gasteiger partial charge on any atom is -0.490 e. The Hall–Kier alpha value is -2.57. The van der Waals surface area contributed by atoms with Crippen LogP contribution >= 0.6 is 0 Å². The van der Waals surface area contributed by atoms with Crippen LogP contribution in [0.4, 0.5) is 0 Å². The highest BCUT2D eigenvalue weighted by Gasteiger charge is 2.24. The van der Waals surface area contributed by atoms with Crippen molar-refractivity contribution in [3.8, 4) is 11.5 Å². The summed E-state index contributed by atoms with van der Waals surface area (Å²) in [5.41, 5.74) is 7.52. The number of benzene rings is 2.